The summed E-state index contributed by atoms with van der Waals surface area (Å²) in [6, 6.07) is -0.800. The van der Waals surface area contributed by atoms with Gasteiger partial charge in [-0.05, 0) is 44.9 Å². The van der Waals surface area contributed by atoms with Gasteiger partial charge in [-0.15, -0.1) is 0 Å². The van der Waals surface area contributed by atoms with Crippen molar-refractivity contribution in [2.24, 2.45) is 0 Å². The first-order valence-corrected chi connectivity index (χ1v) is 21.7. The van der Waals surface area contributed by atoms with Crippen LogP contribution in [0.25, 0.3) is 0 Å². The molecule has 7 unspecified atom stereocenters. The summed E-state index contributed by atoms with van der Waals surface area (Å²) < 4.78 is 11.2. The van der Waals surface area contributed by atoms with E-state index in [-0.39, 0.29) is 12.5 Å². The molecule has 1 aliphatic heterocycles. The number of rotatable bonds is 35. The van der Waals surface area contributed by atoms with Crippen LogP contribution in [0.5, 0.6) is 0 Å². The summed E-state index contributed by atoms with van der Waals surface area (Å²) in [4.78, 5) is 12.9. The Morgan fingerprint density at radius 1 is 0.660 bits per heavy atom. The Bertz CT molecular complexity index is 925. The molecule has 1 saturated heterocycles. The molecule has 1 heterocycles. The van der Waals surface area contributed by atoms with Gasteiger partial charge in [-0.3, -0.25) is 4.79 Å². The van der Waals surface area contributed by atoms with Crippen LogP contribution in [0, 0.1) is 0 Å². The Morgan fingerprint density at radius 2 is 1.17 bits per heavy atom. The largest absolute Gasteiger partial charge is 0.394 e. The fourth-order valence-corrected chi connectivity index (χ4v) is 6.72. The number of carbonyl (C=O) groups excluding carboxylic acids is 1. The second-order valence-corrected chi connectivity index (χ2v) is 15.1. The predicted molar refractivity (Wildman–Crippen MR) is 216 cm³/mol. The van der Waals surface area contributed by atoms with Gasteiger partial charge in [0.2, 0.25) is 5.91 Å². The fraction of sp³-hybridized carbons (Fsp3) is 0.841. The highest BCUT2D eigenvalue weighted by Gasteiger charge is 2.44. The van der Waals surface area contributed by atoms with Gasteiger partial charge >= 0.3 is 0 Å². The molecule has 0 aromatic rings. The van der Waals surface area contributed by atoms with E-state index in [9.17, 15) is 30.3 Å². The molecule has 1 fully saturated rings. The summed E-state index contributed by atoms with van der Waals surface area (Å²) in [7, 11) is 0. The second kappa shape index (κ2) is 34.9. The third-order valence-electron chi connectivity index (χ3n) is 10.2. The normalized spacial score (nSPS) is 22.0. The zero-order valence-corrected chi connectivity index (χ0v) is 33.8. The van der Waals surface area contributed by atoms with Gasteiger partial charge in [0, 0.05) is 6.42 Å². The van der Waals surface area contributed by atoms with E-state index in [1.165, 1.54) is 109 Å². The molecule has 1 rings (SSSR count). The second-order valence-electron chi connectivity index (χ2n) is 15.1. The van der Waals surface area contributed by atoms with Gasteiger partial charge < -0.3 is 40.3 Å². The summed E-state index contributed by atoms with van der Waals surface area (Å²) in [5, 5.41) is 53.9. The first-order valence-electron chi connectivity index (χ1n) is 21.7. The Labute approximate surface area is 323 Å². The zero-order valence-electron chi connectivity index (χ0n) is 33.8. The molecule has 9 heteroatoms. The van der Waals surface area contributed by atoms with Crippen LogP contribution in [0.4, 0.5) is 0 Å². The lowest BCUT2D eigenvalue weighted by Crippen LogP contribution is -2.60. The Kier molecular flexibility index (Phi) is 32.5. The van der Waals surface area contributed by atoms with E-state index in [1.807, 2.05) is 6.08 Å². The van der Waals surface area contributed by atoms with Crippen LogP contribution in [0.15, 0.2) is 36.5 Å². The number of nitrogens with one attached hydrogen (secondary N) is 1. The maximum atomic E-state index is 12.9. The third kappa shape index (κ3) is 26.0. The van der Waals surface area contributed by atoms with Crippen molar-refractivity contribution in [2.75, 3.05) is 13.2 Å². The van der Waals surface area contributed by atoms with Crippen LogP contribution in [0.1, 0.15) is 181 Å². The molecule has 0 aromatic carbocycles. The van der Waals surface area contributed by atoms with Crippen molar-refractivity contribution in [1.82, 2.24) is 5.32 Å². The van der Waals surface area contributed by atoms with Crippen LogP contribution in [0.2, 0.25) is 0 Å². The van der Waals surface area contributed by atoms with Gasteiger partial charge in [0.05, 0.1) is 25.4 Å². The van der Waals surface area contributed by atoms with Crippen LogP contribution in [-0.4, -0.2) is 87.5 Å². The highest BCUT2D eigenvalue weighted by molar-refractivity contribution is 5.76. The first-order chi connectivity index (χ1) is 25.8. The molecule has 7 atom stereocenters. The van der Waals surface area contributed by atoms with Gasteiger partial charge in [-0.1, -0.05) is 166 Å². The van der Waals surface area contributed by atoms with Crippen molar-refractivity contribution in [3.8, 4) is 0 Å². The van der Waals surface area contributed by atoms with E-state index in [0.29, 0.717) is 6.42 Å². The lowest BCUT2D eigenvalue weighted by molar-refractivity contribution is -0.302. The molecule has 0 aromatic heterocycles. The molecule has 53 heavy (non-hydrogen) atoms. The molecule has 310 valence electrons. The fourth-order valence-electron chi connectivity index (χ4n) is 6.72. The minimum Gasteiger partial charge on any atom is -0.394 e. The number of amides is 1. The Morgan fingerprint density at radius 3 is 1.72 bits per heavy atom. The minimum atomic E-state index is -1.56. The average Bonchev–Trinajstić information content (AvgIpc) is 3.16. The van der Waals surface area contributed by atoms with Crippen molar-refractivity contribution in [3.63, 3.8) is 0 Å². The van der Waals surface area contributed by atoms with Gasteiger partial charge in [0.15, 0.2) is 6.29 Å². The van der Waals surface area contributed by atoms with E-state index < -0.39 is 49.5 Å². The van der Waals surface area contributed by atoms with E-state index >= 15 is 0 Å². The highest BCUT2D eigenvalue weighted by atomic mass is 16.7. The monoisotopic (exact) mass is 752 g/mol. The van der Waals surface area contributed by atoms with Crippen molar-refractivity contribution in [2.45, 2.75) is 224 Å². The molecule has 0 saturated carbocycles. The molecule has 0 radical (unpaired) electrons. The van der Waals surface area contributed by atoms with E-state index in [4.69, 9.17) is 9.47 Å². The zero-order chi connectivity index (χ0) is 38.8. The van der Waals surface area contributed by atoms with Crippen molar-refractivity contribution in [3.05, 3.63) is 36.5 Å². The minimum absolute atomic E-state index is 0.181. The predicted octanol–water partition coefficient (Wildman–Crippen LogP) is 8.50. The molecule has 6 N–H and O–H groups in total. The van der Waals surface area contributed by atoms with E-state index in [0.717, 1.165) is 51.4 Å². The van der Waals surface area contributed by atoms with Crippen molar-refractivity contribution >= 4 is 5.91 Å². The van der Waals surface area contributed by atoms with Gasteiger partial charge in [-0.2, -0.15) is 0 Å². The smallest absolute Gasteiger partial charge is 0.220 e. The number of ether oxygens (including phenoxy) is 2. The van der Waals surface area contributed by atoms with Crippen molar-refractivity contribution in [1.29, 1.82) is 0 Å². The third-order valence-corrected chi connectivity index (χ3v) is 10.2. The number of unbranched alkanes of at least 4 members (excludes halogenated alkanes) is 21. The van der Waals surface area contributed by atoms with Crippen LogP contribution in [0.3, 0.4) is 0 Å². The standard InChI is InChI=1S/C44H81NO8/c1-3-5-7-9-11-13-14-15-16-17-18-19-20-21-22-23-24-26-28-30-32-34-40(48)45-37(38(47)33-31-29-27-25-12-10-8-6-4-2)36-52-44-43(51)42(50)41(49)39(35-46)53-44/h5,7,11,13,31,33,37-39,41-44,46-47,49-51H,3-4,6,8-10,12,14-30,32,34-36H2,1-2H3,(H,45,48)/b7-5-,13-11-,33-31+. The number of carbonyl (C=O) groups is 1. The van der Waals surface area contributed by atoms with Crippen molar-refractivity contribution < 1.29 is 39.8 Å². The van der Waals surface area contributed by atoms with Gasteiger partial charge in [-0.25, -0.2) is 0 Å². The van der Waals surface area contributed by atoms with Crippen LogP contribution in [-0.2, 0) is 14.3 Å². The molecule has 1 amide bonds. The summed E-state index contributed by atoms with van der Waals surface area (Å²) >= 11 is 0. The lowest BCUT2D eigenvalue weighted by atomic mass is 9.99. The Balaban J connectivity index is 2.28. The maximum Gasteiger partial charge on any atom is 0.220 e. The quantitative estimate of drug-likeness (QED) is 0.0279. The summed E-state index contributed by atoms with van der Waals surface area (Å²) in [6.45, 7) is 3.63. The summed E-state index contributed by atoms with van der Waals surface area (Å²) in [6.07, 6.45) is 34.9. The lowest BCUT2D eigenvalue weighted by Gasteiger charge is -2.40. The molecule has 0 aliphatic carbocycles. The maximum absolute atomic E-state index is 12.9. The molecular weight excluding hydrogens is 670 g/mol. The Hall–Kier alpha value is -1.59. The van der Waals surface area contributed by atoms with Crippen LogP contribution >= 0.6 is 0 Å². The molecule has 0 spiro atoms. The number of aliphatic hydroxyl groups excluding tert-OH is 5. The molecular formula is C44H81NO8. The molecule has 1 aliphatic rings. The summed E-state index contributed by atoms with van der Waals surface area (Å²) in [5.74, 6) is -0.181. The molecule has 9 nitrogen and oxygen atoms in total. The SMILES string of the molecule is CC/C=C\C/C=C\CCCCCCCCCCCCCCCCC(=O)NC(COC1OC(CO)C(O)C(O)C1O)C(O)/C=C/CCCCCCCCC. The number of allylic oxidation sites excluding steroid dienone is 5. The highest BCUT2D eigenvalue weighted by Crippen LogP contribution is 2.22. The average molecular weight is 752 g/mol. The molecule has 0 bridgehead atoms. The first kappa shape index (κ1) is 49.4. The topological polar surface area (TPSA) is 149 Å². The van der Waals surface area contributed by atoms with Crippen LogP contribution < -0.4 is 5.32 Å². The number of hydrogen-bond acceptors (Lipinski definition) is 8. The number of hydrogen-bond donors (Lipinski definition) is 6. The van der Waals surface area contributed by atoms with E-state index in [2.05, 4.69) is 43.5 Å². The van der Waals surface area contributed by atoms with Gasteiger partial charge in [0.25, 0.3) is 0 Å². The van der Waals surface area contributed by atoms with Gasteiger partial charge in [0.1, 0.15) is 24.4 Å². The number of aliphatic hydroxyl groups is 5. The summed E-state index contributed by atoms with van der Waals surface area (Å²) in [5.41, 5.74) is 0. The van der Waals surface area contributed by atoms with E-state index in [1.54, 1.807) is 6.08 Å².